The Bertz CT molecular complexity index is 832. The number of benzene rings is 1. The lowest BCUT2D eigenvalue weighted by molar-refractivity contribution is 0.0549. The highest BCUT2D eigenvalue weighted by Gasteiger charge is 2.34. The molecule has 2 aromatic rings. The quantitative estimate of drug-likeness (QED) is 0.875. The largest absolute Gasteiger partial charge is 0.454 e. The zero-order chi connectivity index (χ0) is 18.9. The van der Waals surface area contributed by atoms with Crippen molar-refractivity contribution in [1.82, 2.24) is 15.1 Å². The summed E-state index contributed by atoms with van der Waals surface area (Å²) in [6.07, 6.45) is 6.57. The van der Waals surface area contributed by atoms with E-state index in [2.05, 4.69) is 36.2 Å². The Hall–Kier alpha value is -2.50. The Balaban J connectivity index is 1.48. The van der Waals surface area contributed by atoms with E-state index in [4.69, 9.17) is 9.47 Å². The van der Waals surface area contributed by atoms with Crippen LogP contribution in [0.25, 0.3) is 0 Å². The van der Waals surface area contributed by atoms with E-state index in [1.807, 2.05) is 11.0 Å². The standard InChI is InChI=1S/C21H27N3O3/c1-3-5-17-16(12-22-23-17)20(25)24-9-4-8-21(2,13-24)11-15-6-7-18-19(10-15)27-14-26-18/h6-7,10,12H,3-5,8-9,11,13-14H2,1-2H3,(H,22,23)/t21-/m1/s1. The SMILES string of the molecule is CCCc1[nH]ncc1C(=O)N1CCC[C@](C)(Cc2ccc3c(c2)OCO3)C1. The van der Waals surface area contributed by atoms with E-state index >= 15 is 0 Å². The summed E-state index contributed by atoms with van der Waals surface area (Å²) in [5, 5.41) is 7.08. The number of hydrogen-bond donors (Lipinski definition) is 1. The number of aromatic amines is 1. The number of rotatable bonds is 5. The van der Waals surface area contributed by atoms with Gasteiger partial charge in [-0.25, -0.2) is 0 Å². The lowest BCUT2D eigenvalue weighted by atomic mass is 9.76. The molecule has 0 unspecified atom stereocenters. The van der Waals surface area contributed by atoms with Gasteiger partial charge in [-0.1, -0.05) is 26.3 Å². The van der Waals surface area contributed by atoms with E-state index in [0.29, 0.717) is 6.79 Å². The number of carbonyl (C=O) groups excluding carboxylic acids is 1. The van der Waals surface area contributed by atoms with Gasteiger partial charge >= 0.3 is 0 Å². The van der Waals surface area contributed by atoms with Gasteiger partial charge < -0.3 is 14.4 Å². The van der Waals surface area contributed by atoms with Crippen molar-refractivity contribution >= 4 is 5.91 Å². The maximum Gasteiger partial charge on any atom is 0.257 e. The van der Waals surface area contributed by atoms with Gasteiger partial charge in [0, 0.05) is 18.8 Å². The first-order chi connectivity index (χ1) is 13.1. The molecule has 1 fully saturated rings. The number of carbonyl (C=O) groups is 1. The van der Waals surface area contributed by atoms with Crippen molar-refractivity contribution in [3.05, 3.63) is 41.2 Å². The Morgan fingerprint density at radius 1 is 1.33 bits per heavy atom. The van der Waals surface area contributed by atoms with Crippen LogP contribution in [-0.2, 0) is 12.8 Å². The predicted octanol–water partition coefficient (Wildman–Crippen LogP) is 3.58. The smallest absolute Gasteiger partial charge is 0.257 e. The predicted molar refractivity (Wildman–Crippen MR) is 102 cm³/mol. The second-order valence-corrected chi connectivity index (χ2v) is 8.02. The average Bonchev–Trinajstić information content (AvgIpc) is 3.30. The Morgan fingerprint density at radius 2 is 2.19 bits per heavy atom. The minimum absolute atomic E-state index is 0.0518. The molecule has 2 aliphatic heterocycles. The third-order valence-electron chi connectivity index (χ3n) is 5.58. The molecule has 0 saturated carbocycles. The molecule has 27 heavy (non-hydrogen) atoms. The molecule has 3 heterocycles. The third kappa shape index (κ3) is 3.66. The van der Waals surface area contributed by atoms with Crippen LogP contribution >= 0.6 is 0 Å². The van der Waals surface area contributed by atoms with Crippen LogP contribution in [0.2, 0.25) is 0 Å². The van der Waals surface area contributed by atoms with E-state index in [9.17, 15) is 4.79 Å². The molecular formula is C21H27N3O3. The van der Waals surface area contributed by atoms with E-state index < -0.39 is 0 Å². The number of fused-ring (bicyclic) bond motifs is 1. The first-order valence-electron chi connectivity index (χ1n) is 9.78. The van der Waals surface area contributed by atoms with Gasteiger partial charge in [0.1, 0.15) is 0 Å². The van der Waals surface area contributed by atoms with Gasteiger partial charge in [0.15, 0.2) is 11.5 Å². The van der Waals surface area contributed by atoms with Crippen LogP contribution in [0.15, 0.2) is 24.4 Å². The lowest BCUT2D eigenvalue weighted by Crippen LogP contribution is -2.45. The Labute approximate surface area is 159 Å². The Kier molecular flexibility index (Phi) is 4.81. The maximum atomic E-state index is 13.1. The van der Waals surface area contributed by atoms with Gasteiger partial charge in [0.25, 0.3) is 5.91 Å². The Morgan fingerprint density at radius 3 is 3.04 bits per heavy atom. The van der Waals surface area contributed by atoms with Gasteiger partial charge in [-0.2, -0.15) is 5.10 Å². The highest BCUT2D eigenvalue weighted by molar-refractivity contribution is 5.95. The summed E-state index contributed by atoms with van der Waals surface area (Å²) in [5.41, 5.74) is 2.96. The molecule has 2 aliphatic rings. The molecule has 6 heteroatoms. The van der Waals surface area contributed by atoms with Crippen LogP contribution in [-0.4, -0.2) is 40.9 Å². The van der Waals surface area contributed by atoms with Crippen LogP contribution in [0.3, 0.4) is 0 Å². The van der Waals surface area contributed by atoms with Crippen molar-refractivity contribution in [2.45, 2.75) is 46.0 Å². The number of aromatic nitrogens is 2. The van der Waals surface area contributed by atoms with Crippen molar-refractivity contribution in [1.29, 1.82) is 0 Å². The molecule has 144 valence electrons. The van der Waals surface area contributed by atoms with Gasteiger partial charge in [0.05, 0.1) is 11.8 Å². The molecule has 0 bridgehead atoms. The summed E-state index contributed by atoms with van der Waals surface area (Å²) in [6.45, 7) is 6.25. The highest BCUT2D eigenvalue weighted by atomic mass is 16.7. The number of amides is 1. The van der Waals surface area contributed by atoms with E-state index in [0.717, 1.165) is 68.0 Å². The summed E-state index contributed by atoms with van der Waals surface area (Å²) >= 11 is 0. The van der Waals surface area contributed by atoms with E-state index in [-0.39, 0.29) is 11.3 Å². The number of likely N-dealkylation sites (tertiary alicyclic amines) is 1. The molecule has 0 spiro atoms. The molecule has 1 aromatic heterocycles. The minimum atomic E-state index is 0.0518. The molecule has 0 radical (unpaired) electrons. The van der Waals surface area contributed by atoms with Crippen molar-refractivity contribution < 1.29 is 14.3 Å². The summed E-state index contributed by atoms with van der Waals surface area (Å²) in [5.74, 6) is 1.74. The van der Waals surface area contributed by atoms with Gasteiger partial charge in [-0.05, 0) is 48.8 Å². The number of nitrogens with zero attached hydrogens (tertiary/aromatic N) is 2. The van der Waals surface area contributed by atoms with Crippen LogP contribution in [0.5, 0.6) is 11.5 Å². The summed E-state index contributed by atoms with van der Waals surface area (Å²) in [7, 11) is 0. The molecule has 0 aliphatic carbocycles. The lowest BCUT2D eigenvalue weighted by Gasteiger charge is -2.40. The van der Waals surface area contributed by atoms with Crippen molar-refractivity contribution in [3.8, 4) is 11.5 Å². The van der Waals surface area contributed by atoms with Crippen LogP contribution in [0.1, 0.15) is 54.7 Å². The van der Waals surface area contributed by atoms with Gasteiger partial charge in [-0.15, -0.1) is 0 Å². The first-order valence-corrected chi connectivity index (χ1v) is 9.78. The molecular weight excluding hydrogens is 342 g/mol. The number of H-pyrrole nitrogens is 1. The van der Waals surface area contributed by atoms with E-state index in [1.165, 1.54) is 5.56 Å². The minimum Gasteiger partial charge on any atom is -0.454 e. The van der Waals surface area contributed by atoms with E-state index in [1.54, 1.807) is 6.20 Å². The normalized spacial score (nSPS) is 21.5. The molecule has 6 nitrogen and oxygen atoms in total. The number of hydrogen-bond acceptors (Lipinski definition) is 4. The summed E-state index contributed by atoms with van der Waals surface area (Å²) in [6, 6.07) is 6.16. The molecule has 1 saturated heterocycles. The molecule has 4 rings (SSSR count). The zero-order valence-corrected chi connectivity index (χ0v) is 16.1. The fraction of sp³-hybridized carbons (Fsp3) is 0.524. The summed E-state index contributed by atoms with van der Waals surface area (Å²) in [4.78, 5) is 15.1. The van der Waals surface area contributed by atoms with Crippen LogP contribution in [0.4, 0.5) is 0 Å². The van der Waals surface area contributed by atoms with Gasteiger partial charge in [-0.3, -0.25) is 9.89 Å². The monoisotopic (exact) mass is 369 g/mol. The molecule has 1 aromatic carbocycles. The number of ether oxygens (including phenoxy) is 2. The average molecular weight is 369 g/mol. The first kappa shape index (κ1) is 17.9. The molecule has 1 atom stereocenters. The summed E-state index contributed by atoms with van der Waals surface area (Å²) < 4.78 is 10.9. The molecule has 1 amide bonds. The topological polar surface area (TPSA) is 67.5 Å². The number of piperidine rings is 1. The fourth-order valence-electron chi connectivity index (χ4n) is 4.29. The van der Waals surface area contributed by atoms with Crippen molar-refractivity contribution in [3.63, 3.8) is 0 Å². The number of aryl methyl sites for hydroxylation is 1. The number of nitrogens with one attached hydrogen (secondary N) is 1. The van der Waals surface area contributed by atoms with Crippen molar-refractivity contribution in [2.24, 2.45) is 5.41 Å². The van der Waals surface area contributed by atoms with Crippen molar-refractivity contribution in [2.75, 3.05) is 19.9 Å². The maximum absolute atomic E-state index is 13.1. The van der Waals surface area contributed by atoms with Crippen LogP contribution in [0, 0.1) is 5.41 Å². The highest BCUT2D eigenvalue weighted by Crippen LogP contribution is 2.38. The third-order valence-corrected chi connectivity index (χ3v) is 5.58. The zero-order valence-electron chi connectivity index (χ0n) is 16.1. The molecule has 1 N–H and O–H groups in total. The second kappa shape index (κ2) is 7.25. The second-order valence-electron chi connectivity index (χ2n) is 8.02. The van der Waals surface area contributed by atoms with Gasteiger partial charge in [0.2, 0.25) is 6.79 Å². The fourth-order valence-corrected chi connectivity index (χ4v) is 4.29. The van der Waals surface area contributed by atoms with Crippen LogP contribution < -0.4 is 9.47 Å².